The van der Waals surface area contributed by atoms with Gasteiger partial charge in [0.2, 0.25) is 0 Å². The van der Waals surface area contributed by atoms with Gasteiger partial charge >= 0.3 is 11.9 Å². The van der Waals surface area contributed by atoms with Gasteiger partial charge in [0, 0.05) is 0 Å². The highest BCUT2D eigenvalue weighted by Crippen LogP contribution is 2.19. The molecule has 6 nitrogen and oxygen atoms in total. The summed E-state index contributed by atoms with van der Waals surface area (Å²) in [6.07, 6.45) is -0.558. The highest BCUT2D eigenvalue weighted by molar-refractivity contribution is 5.80. The Labute approximate surface area is 117 Å². The number of carbonyl (C=O) groups excluding carboxylic acids is 2. The number of para-hydroxylation sites is 2. The third kappa shape index (κ3) is 4.79. The number of nitrogens with two attached hydrogens (primary N) is 1. The topological polar surface area (TPSA) is 87.8 Å². The van der Waals surface area contributed by atoms with Gasteiger partial charge in [-0.25, -0.2) is 9.59 Å². The van der Waals surface area contributed by atoms with Crippen LogP contribution >= 0.6 is 0 Å². The van der Waals surface area contributed by atoms with Crippen molar-refractivity contribution in [1.82, 2.24) is 0 Å². The minimum absolute atomic E-state index is 0.240. The van der Waals surface area contributed by atoms with Crippen molar-refractivity contribution in [1.29, 1.82) is 0 Å². The quantitative estimate of drug-likeness (QED) is 0.602. The third-order valence-electron chi connectivity index (χ3n) is 2.46. The monoisotopic (exact) mass is 281 g/mol. The van der Waals surface area contributed by atoms with E-state index in [9.17, 15) is 9.59 Å². The van der Waals surface area contributed by atoms with Crippen molar-refractivity contribution in [3.63, 3.8) is 0 Å². The summed E-state index contributed by atoms with van der Waals surface area (Å²) in [6, 6.07) is 6.80. The van der Waals surface area contributed by atoms with E-state index in [1.807, 2.05) is 0 Å². The van der Waals surface area contributed by atoms with Gasteiger partial charge in [0.15, 0.2) is 12.7 Å². The van der Waals surface area contributed by atoms with Gasteiger partial charge in [-0.1, -0.05) is 19.1 Å². The molecular weight excluding hydrogens is 262 g/mol. The largest absolute Gasteiger partial charge is 0.480 e. The Hall–Kier alpha value is -2.24. The number of carbonyl (C=O) groups is 2. The molecule has 0 heterocycles. The molecule has 0 amide bonds. The Kier molecular flexibility index (Phi) is 6.36. The number of anilines is 1. The van der Waals surface area contributed by atoms with Gasteiger partial charge < -0.3 is 19.9 Å². The Morgan fingerprint density at radius 1 is 1.25 bits per heavy atom. The smallest absolute Gasteiger partial charge is 0.347 e. The summed E-state index contributed by atoms with van der Waals surface area (Å²) in [5.74, 6) is -0.802. The number of hydrogen-bond acceptors (Lipinski definition) is 6. The Morgan fingerprint density at radius 3 is 2.55 bits per heavy atom. The first-order valence-electron chi connectivity index (χ1n) is 6.41. The van der Waals surface area contributed by atoms with E-state index in [2.05, 4.69) is 0 Å². The summed E-state index contributed by atoms with van der Waals surface area (Å²) < 4.78 is 15.0. The molecule has 1 aromatic carbocycles. The SMILES string of the molecule is CCOC(=O)C(CC)OC(=O)COc1ccccc1N. The molecule has 1 rings (SSSR count). The normalized spacial score (nSPS) is 11.5. The first-order valence-corrected chi connectivity index (χ1v) is 6.41. The van der Waals surface area contributed by atoms with Crippen LogP contribution in [0, 0.1) is 0 Å². The minimum Gasteiger partial charge on any atom is -0.480 e. The molecule has 0 aromatic heterocycles. The fourth-order valence-electron chi connectivity index (χ4n) is 1.47. The van der Waals surface area contributed by atoms with Crippen LogP contribution in [0.4, 0.5) is 5.69 Å². The molecule has 0 bridgehead atoms. The molecule has 2 N–H and O–H groups in total. The van der Waals surface area contributed by atoms with E-state index in [-0.39, 0.29) is 13.2 Å². The van der Waals surface area contributed by atoms with E-state index in [0.717, 1.165) is 0 Å². The molecule has 0 saturated heterocycles. The summed E-state index contributed by atoms with van der Waals surface area (Å²) >= 11 is 0. The Balaban J connectivity index is 2.47. The summed E-state index contributed by atoms with van der Waals surface area (Å²) in [5.41, 5.74) is 6.10. The van der Waals surface area contributed by atoms with E-state index >= 15 is 0 Å². The zero-order chi connectivity index (χ0) is 15.0. The number of esters is 2. The zero-order valence-corrected chi connectivity index (χ0v) is 11.6. The molecule has 0 spiro atoms. The molecule has 0 radical (unpaired) electrons. The van der Waals surface area contributed by atoms with Crippen molar-refractivity contribution >= 4 is 17.6 Å². The lowest BCUT2D eigenvalue weighted by Crippen LogP contribution is -2.30. The van der Waals surface area contributed by atoms with Gasteiger partial charge in [-0.05, 0) is 25.5 Å². The molecular formula is C14H19NO5. The van der Waals surface area contributed by atoms with Crippen LogP contribution in [0.2, 0.25) is 0 Å². The summed E-state index contributed by atoms with van der Waals surface area (Å²) in [4.78, 5) is 23.1. The molecule has 20 heavy (non-hydrogen) atoms. The molecule has 0 aliphatic heterocycles. The molecule has 110 valence electrons. The van der Waals surface area contributed by atoms with Gasteiger partial charge in [-0.15, -0.1) is 0 Å². The maximum atomic E-state index is 11.6. The van der Waals surface area contributed by atoms with E-state index < -0.39 is 18.0 Å². The van der Waals surface area contributed by atoms with Crippen LogP contribution < -0.4 is 10.5 Å². The second-order valence-electron chi connectivity index (χ2n) is 3.97. The average Bonchev–Trinajstić information content (AvgIpc) is 2.44. The summed E-state index contributed by atoms with van der Waals surface area (Å²) in [7, 11) is 0. The van der Waals surface area contributed by atoms with Crippen LogP contribution in [0.5, 0.6) is 5.75 Å². The second-order valence-corrected chi connectivity index (χ2v) is 3.97. The van der Waals surface area contributed by atoms with Gasteiger partial charge in [0.25, 0.3) is 0 Å². The van der Waals surface area contributed by atoms with Crippen LogP contribution in [0.3, 0.4) is 0 Å². The molecule has 0 aliphatic carbocycles. The van der Waals surface area contributed by atoms with Gasteiger partial charge in [-0.3, -0.25) is 0 Å². The van der Waals surface area contributed by atoms with E-state index in [0.29, 0.717) is 17.9 Å². The highest BCUT2D eigenvalue weighted by atomic mass is 16.6. The van der Waals surface area contributed by atoms with Crippen LogP contribution in [0.1, 0.15) is 20.3 Å². The van der Waals surface area contributed by atoms with Crippen LogP contribution in [0.15, 0.2) is 24.3 Å². The highest BCUT2D eigenvalue weighted by Gasteiger charge is 2.22. The standard InChI is InChI=1S/C14H19NO5/c1-3-11(14(17)18-4-2)20-13(16)9-19-12-8-6-5-7-10(12)15/h5-8,11H,3-4,9,15H2,1-2H3. The van der Waals surface area contributed by atoms with Crippen molar-refractivity contribution in [3.8, 4) is 5.75 Å². The molecule has 6 heteroatoms. The molecule has 0 fully saturated rings. The Bertz CT molecular complexity index is 461. The number of nitrogen functional groups attached to an aromatic ring is 1. The molecule has 1 aromatic rings. The van der Waals surface area contributed by atoms with Crippen LogP contribution in [-0.4, -0.2) is 31.3 Å². The maximum absolute atomic E-state index is 11.6. The number of ether oxygens (including phenoxy) is 3. The lowest BCUT2D eigenvalue weighted by atomic mass is 10.3. The first-order chi connectivity index (χ1) is 9.58. The maximum Gasteiger partial charge on any atom is 0.347 e. The molecule has 0 saturated carbocycles. The predicted octanol–water partition coefficient (Wildman–Crippen LogP) is 1.53. The lowest BCUT2D eigenvalue weighted by molar-refractivity contribution is -0.168. The Morgan fingerprint density at radius 2 is 1.95 bits per heavy atom. The average molecular weight is 281 g/mol. The van der Waals surface area contributed by atoms with Crippen LogP contribution in [0.25, 0.3) is 0 Å². The summed E-state index contributed by atoms with van der Waals surface area (Å²) in [5, 5.41) is 0. The van der Waals surface area contributed by atoms with E-state index in [1.165, 1.54) is 0 Å². The van der Waals surface area contributed by atoms with Gasteiger partial charge in [-0.2, -0.15) is 0 Å². The molecule has 1 unspecified atom stereocenters. The first kappa shape index (κ1) is 15.8. The predicted molar refractivity (Wildman–Crippen MR) is 73.2 cm³/mol. The van der Waals surface area contributed by atoms with Crippen molar-refractivity contribution in [3.05, 3.63) is 24.3 Å². The lowest BCUT2D eigenvalue weighted by Gasteiger charge is -2.15. The minimum atomic E-state index is -0.904. The van der Waals surface area contributed by atoms with Crippen LogP contribution in [-0.2, 0) is 19.1 Å². The zero-order valence-electron chi connectivity index (χ0n) is 11.6. The van der Waals surface area contributed by atoms with Crippen molar-refractivity contribution in [2.75, 3.05) is 18.9 Å². The van der Waals surface area contributed by atoms with Crippen molar-refractivity contribution in [2.45, 2.75) is 26.4 Å². The molecule has 0 aliphatic rings. The number of benzene rings is 1. The summed E-state index contributed by atoms with van der Waals surface area (Å²) in [6.45, 7) is 3.34. The second kappa shape index (κ2) is 8.04. The fraction of sp³-hybridized carbons (Fsp3) is 0.429. The van der Waals surface area contributed by atoms with Crippen molar-refractivity contribution < 1.29 is 23.8 Å². The van der Waals surface area contributed by atoms with Gasteiger partial charge in [0.1, 0.15) is 5.75 Å². The number of hydrogen-bond donors (Lipinski definition) is 1. The van der Waals surface area contributed by atoms with Crippen molar-refractivity contribution in [2.24, 2.45) is 0 Å². The molecule has 1 atom stereocenters. The van der Waals surface area contributed by atoms with E-state index in [4.69, 9.17) is 19.9 Å². The third-order valence-corrected chi connectivity index (χ3v) is 2.46. The number of rotatable bonds is 7. The van der Waals surface area contributed by atoms with Gasteiger partial charge in [0.05, 0.1) is 12.3 Å². The fourth-order valence-corrected chi connectivity index (χ4v) is 1.47. The van der Waals surface area contributed by atoms with E-state index in [1.54, 1.807) is 38.1 Å².